The highest BCUT2D eigenvalue weighted by Gasteiger charge is 2.36. The molecule has 1 N–H and O–H groups in total. The highest BCUT2D eigenvalue weighted by molar-refractivity contribution is 9.11. The van der Waals surface area contributed by atoms with Gasteiger partial charge in [-0.3, -0.25) is 0 Å². The van der Waals surface area contributed by atoms with Gasteiger partial charge in [0.05, 0.1) is 23.1 Å². The molecule has 19 heavy (non-hydrogen) atoms. The number of hydrogen-bond donors (Lipinski definition) is 1. The summed E-state index contributed by atoms with van der Waals surface area (Å²) in [6.45, 7) is 3.98. The number of ether oxygens (including phenoxy) is 1. The summed E-state index contributed by atoms with van der Waals surface area (Å²) in [5.41, 5.74) is 0.906. The molecular weight excluding hydrogens is 354 g/mol. The largest absolute Gasteiger partial charge is 0.394 e. The predicted octanol–water partition coefficient (Wildman–Crippen LogP) is 1.59. The first-order chi connectivity index (χ1) is 8.86. The van der Waals surface area contributed by atoms with Gasteiger partial charge in [0, 0.05) is 12.6 Å². The lowest BCUT2D eigenvalue weighted by molar-refractivity contribution is -0.0515. The SMILES string of the molecule is Cc1cc(S(=O)(=O)N2CC(CO)OCC2C)sc1Br. The molecule has 108 valence electrons. The van der Waals surface area contributed by atoms with Crippen LogP contribution in [0.2, 0.25) is 0 Å². The Hall–Kier alpha value is 0.01000. The third-order valence-electron chi connectivity index (χ3n) is 3.05. The van der Waals surface area contributed by atoms with Gasteiger partial charge < -0.3 is 9.84 Å². The number of sulfonamides is 1. The first kappa shape index (κ1) is 15.4. The van der Waals surface area contributed by atoms with E-state index in [-0.39, 0.29) is 19.2 Å². The Balaban J connectivity index is 2.32. The average Bonchev–Trinajstić information content (AvgIpc) is 2.71. The zero-order valence-corrected chi connectivity index (χ0v) is 13.9. The predicted molar refractivity (Wildman–Crippen MR) is 76.9 cm³/mol. The quantitative estimate of drug-likeness (QED) is 0.878. The van der Waals surface area contributed by atoms with Gasteiger partial charge in [0.15, 0.2) is 0 Å². The van der Waals surface area contributed by atoms with Crippen molar-refractivity contribution in [2.45, 2.75) is 30.2 Å². The van der Waals surface area contributed by atoms with Crippen LogP contribution in [0.15, 0.2) is 14.1 Å². The van der Waals surface area contributed by atoms with Gasteiger partial charge >= 0.3 is 0 Å². The summed E-state index contributed by atoms with van der Waals surface area (Å²) < 4.78 is 33.1. The van der Waals surface area contributed by atoms with Crippen LogP contribution in [0.4, 0.5) is 0 Å². The van der Waals surface area contributed by atoms with Gasteiger partial charge in [0.2, 0.25) is 0 Å². The van der Waals surface area contributed by atoms with Crippen LogP contribution in [-0.4, -0.2) is 49.7 Å². The molecule has 1 saturated heterocycles. The zero-order valence-electron chi connectivity index (χ0n) is 10.7. The summed E-state index contributed by atoms with van der Waals surface area (Å²) in [4.78, 5) is 0. The monoisotopic (exact) mass is 369 g/mol. The Bertz CT molecular complexity index is 538. The molecule has 2 heterocycles. The fourth-order valence-corrected chi connectivity index (χ4v) is 5.92. The van der Waals surface area contributed by atoms with Crippen LogP contribution in [0.25, 0.3) is 0 Å². The molecule has 0 aliphatic carbocycles. The molecule has 0 bridgehead atoms. The second kappa shape index (κ2) is 5.79. The Morgan fingerprint density at radius 3 is 2.84 bits per heavy atom. The summed E-state index contributed by atoms with van der Waals surface area (Å²) in [5.74, 6) is 0. The van der Waals surface area contributed by atoms with Crippen molar-refractivity contribution < 1.29 is 18.3 Å². The van der Waals surface area contributed by atoms with Crippen molar-refractivity contribution in [3.63, 3.8) is 0 Å². The fourth-order valence-electron chi connectivity index (χ4n) is 1.91. The number of nitrogens with zero attached hydrogens (tertiary/aromatic N) is 1. The van der Waals surface area contributed by atoms with Crippen LogP contribution in [0.1, 0.15) is 12.5 Å². The number of thiophene rings is 1. The van der Waals surface area contributed by atoms with E-state index in [9.17, 15) is 8.42 Å². The molecule has 2 atom stereocenters. The highest BCUT2D eigenvalue weighted by Crippen LogP contribution is 2.33. The van der Waals surface area contributed by atoms with E-state index in [0.29, 0.717) is 10.8 Å². The van der Waals surface area contributed by atoms with E-state index in [4.69, 9.17) is 9.84 Å². The lowest BCUT2D eigenvalue weighted by atomic mass is 10.2. The molecule has 1 aliphatic rings. The van der Waals surface area contributed by atoms with Gasteiger partial charge in [0.25, 0.3) is 10.0 Å². The highest BCUT2D eigenvalue weighted by atomic mass is 79.9. The Labute approximate surface area is 125 Å². The van der Waals surface area contributed by atoms with E-state index < -0.39 is 16.1 Å². The van der Waals surface area contributed by atoms with Crippen LogP contribution in [0.5, 0.6) is 0 Å². The van der Waals surface area contributed by atoms with Crippen molar-refractivity contribution in [3.8, 4) is 0 Å². The first-order valence-electron chi connectivity index (χ1n) is 5.86. The molecule has 5 nitrogen and oxygen atoms in total. The minimum atomic E-state index is -3.53. The number of morpholine rings is 1. The number of aliphatic hydroxyl groups is 1. The van der Waals surface area contributed by atoms with Gasteiger partial charge in [-0.25, -0.2) is 8.42 Å². The molecule has 0 spiro atoms. The molecule has 1 fully saturated rings. The zero-order chi connectivity index (χ0) is 14.2. The number of rotatable bonds is 3. The van der Waals surface area contributed by atoms with Gasteiger partial charge in [-0.15, -0.1) is 11.3 Å². The van der Waals surface area contributed by atoms with Crippen molar-refractivity contribution in [1.29, 1.82) is 0 Å². The third-order valence-corrected chi connectivity index (χ3v) is 7.62. The van der Waals surface area contributed by atoms with Crippen molar-refractivity contribution in [2.75, 3.05) is 19.8 Å². The van der Waals surface area contributed by atoms with E-state index in [1.165, 1.54) is 15.6 Å². The van der Waals surface area contributed by atoms with E-state index in [1.54, 1.807) is 13.0 Å². The number of aliphatic hydroxyl groups excluding tert-OH is 1. The van der Waals surface area contributed by atoms with E-state index >= 15 is 0 Å². The summed E-state index contributed by atoms with van der Waals surface area (Å²) >= 11 is 4.55. The molecule has 1 aromatic rings. The fraction of sp³-hybridized carbons (Fsp3) is 0.636. The average molecular weight is 370 g/mol. The van der Waals surface area contributed by atoms with Gasteiger partial charge in [-0.05, 0) is 41.4 Å². The van der Waals surface area contributed by atoms with Gasteiger partial charge in [0.1, 0.15) is 4.21 Å². The molecule has 2 unspecified atom stereocenters. The van der Waals surface area contributed by atoms with Crippen LogP contribution in [0, 0.1) is 6.92 Å². The number of hydrogen-bond acceptors (Lipinski definition) is 5. The number of aryl methyl sites for hydroxylation is 1. The summed E-state index contributed by atoms with van der Waals surface area (Å²) in [5, 5.41) is 9.13. The molecule has 1 aromatic heterocycles. The van der Waals surface area contributed by atoms with Crippen molar-refractivity contribution in [3.05, 3.63) is 15.4 Å². The van der Waals surface area contributed by atoms with Crippen LogP contribution in [0.3, 0.4) is 0 Å². The van der Waals surface area contributed by atoms with Crippen LogP contribution >= 0.6 is 27.3 Å². The maximum Gasteiger partial charge on any atom is 0.253 e. The number of halogens is 1. The maximum absolute atomic E-state index is 12.6. The topological polar surface area (TPSA) is 66.8 Å². The summed E-state index contributed by atoms with van der Waals surface area (Å²) in [7, 11) is -3.53. The third kappa shape index (κ3) is 3.03. The summed E-state index contributed by atoms with van der Waals surface area (Å²) in [6, 6.07) is 1.44. The lowest BCUT2D eigenvalue weighted by Gasteiger charge is -2.35. The van der Waals surface area contributed by atoms with Crippen molar-refractivity contribution in [2.24, 2.45) is 0 Å². The standard InChI is InChI=1S/C11H16BrNO4S2/c1-7-3-10(18-11(7)12)19(15,16)13-4-9(5-14)17-6-8(13)2/h3,8-9,14H,4-6H2,1-2H3. The normalized spacial score (nSPS) is 25.7. The van der Waals surface area contributed by atoms with Gasteiger partial charge in [-0.1, -0.05) is 0 Å². The summed E-state index contributed by atoms with van der Waals surface area (Å²) in [6.07, 6.45) is -0.449. The van der Waals surface area contributed by atoms with Crippen LogP contribution in [-0.2, 0) is 14.8 Å². The smallest absolute Gasteiger partial charge is 0.253 e. The second-order valence-corrected chi connectivity index (χ2v) is 9.07. The lowest BCUT2D eigenvalue weighted by Crippen LogP contribution is -2.51. The molecule has 1 aliphatic heterocycles. The minimum Gasteiger partial charge on any atom is -0.394 e. The van der Waals surface area contributed by atoms with Crippen molar-refractivity contribution >= 4 is 37.3 Å². The van der Waals surface area contributed by atoms with E-state index in [2.05, 4.69) is 15.9 Å². The Morgan fingerprint density at radius 2 is 2.32 bits per heavy atom. The van der Waals surface area contributed by atoms with Crippen molar-refractivity contribution in [1.82, 2.24) is 4.31 Å². The molecule has 0 saturated carbocycles. The molecule has 8 heteroatoms. The second-order valence-electron chi connectivity index (χ2n) is 4.58. The first-order valence-corrected chi connectivity index (χ1v) is 8.91. The Kier molecular flexibility index (Phi) is 4.69. The van der Waals surface area contributed by atoms with Gasteiger partial charge in [-0.2, -0.15) is 4.31 Å². The maximum atomic E-state index is 12.6. The Morgan fingerprint density at radius 1 is 1.63 bits per heavy atom. The van der Waals surface area contributed by atoms with E-state index in [0.717, 1.165) is 9.35 Å². The van der Waals surface area contributed by atoms with Crippen LogP contribution < -0.4 is 0 Å². The minimum absolute atomic E-state index is 0.175. The molecular formula is C11H16BrNO4S2. The van der Waals surface area contributed by atoms with E-state index in [1.807, 2.05) is 6.92 Å². The molecule has 0 amide bonds. The molecule has 0 aromatic carbocycles. The molecule has 2 rings (SSSR count). The molecule has 0 radical (unpaired) electrons.